The normalized spacial score (nSPS) is 14.3. The van der Waals surface area contributed by atoms with E-state index in [9.17, 15) is 117 Å². The summed E-state index contributed by atoms with van der Waals surface area (Å²) in [5.74, 6) is -24.4. The van der Waals surface area contributed by atoms with E-state index in [1.165, 1.54) is 24.3 Å². The van der Waals surface area contributed by atoms with Crippen LogP contribution in [0.25, 0.3) is 0 Å². The lowest BCUT2D eigenvalue weighted by Crippen LogP contribution is -2.61. The first-order chi connectivity index (χ1) is 55.3. The highest BCUT2D eigenvalue weighted by Crippen LogP contribution is 2.16. The highest BCUT2D eigenvalue weighted by Gasteiger charge is 2.38. The third-order valence-electron chi connectivity index (χ3n) is 17.4. The van der Waals surface area contributed by atoms with E-state index in [1.807, 2.05) is 0 Å². The molecule has 0 fully saturated rings. The Labute approximate surface area is 685 Å². The number of amides is 14. The third-order valence-corrected chi connectivity index (χ3v) is 17.8. The molecule has 0 heterocycles. The van der Waals surface area contributed by atoms with Crippen molar-refractivity contribution in [1.29, 1.82) is 5.41 Å². The Morgan fingerprint density at radius 2 is 0.746 bits per heavy atom. The first-order valence-corrected chi connectivity index (χ1v) is 38.5. The van der Waals surface area contributed by atoms with Crippen molar-refractivity contribution in [2.75, 3.05) is 18.8 Å². The van der Waals surface area contributed by atoms with Crippen molar-refractivity contribution in [3.8, 4) is 5.75 Å². The van der Waals surface area contributed by atoms with Gasteiger partial charge in [-0.15, -0.1) is 0 Å². The van der Waals surface area contributed by atoms with Crippen molar-refractivity contribution in [3.05, 3.63) is 65.7 Å². The molecule has 118 heavy (non-hydrogen) atoms. The van der Waals surface area contributed by atoms with Crippen molar-refractivity contribution in [2.45, 2.75) is 230 Å². The number of nitrogens with two attached hydrogens (primary N) is 3. The number of benzene rings is 2. The van der Waals surface area contributed by atoms with E-state index < -0.39 is 261 Å². The number of carbonyl (C=O) groups is 19. The minimum Gasteiger partial charge on any atom is -0.508 e. The summed E-state index contributed by atoms with van der Waals surface area (Å²) in [5, 5.41) is 99.3. The van der Waals surface area contributed by atoms with Crippen molar-refractivity contribution in [2.24, 2.45) is 35.0 Å². The molecule has 0 unspecified atom stereocenters. The zero-order chi connectivity index (χ0) is 89.2. The van der Waals surface area contributed by atoms with Crippen LogP contribution in [0.2, 0.25) is 0 Å². The monoisotopic (exact) mass is 1680 g/mol. The molecule has 654 valence electrons. The Kier molecular flexibility index (Phi) is 45.2. The standard InChI is InChI=1S/C74H112N18O25S/c1-36(2)28-48(87-66(109)45(20-23-55(76)94)83-62(105)43(75)19-24-57(96)97)63(106)80-34-56(95)82-44(21-25-58(98)99)65(108)89-51(31-40-12-9-8-10-13-40)70(113)90-52(32-41-15-17-42(93)18-16-41)69(112)84-46(22-26-59(100)101)64(107)81-39(7)61(104)86-49(29-37(3)4)68(111)91-53(33-60(102)103)71(114)92-54(35-118)72(115)88-50(30-38(5)6)67(110)85-47(73(116)117)14-11-27-79-74(77)78/h8-10,12-13,15-18,36-39,43-54,93,118H,11,14,19-35,75H2,1-7H3,(H2,76,94)(H,80,106)(H,81,107)(H,82,95)(H,83,105)(H,84,112)(H,85,110)(H,86,104)(H,87,109)(H,88,115)(H,89,108)(H,90,113)(H,91,111)(H,92,114)(H,96,97)(H,98,99)(H,100,101)(H,102,103)(H,116,117)(H4,77,78,79)/t39-,43-,44-,45-,46-,47-,48-,49-,50-,51-,52-,53-,54-/m0/s1. The molecular weight excluding hydrogens is 1570 g/mol. The highest BCUT2D eigenvalue weighted by atomic mass is 32.1. The molecule has 44 heteroatoms. The Hall–Kier alpha value is -12.2. The molecule has 0 bridgehead atoms. The Morgan fingerprint density at radius 3 is 1.19 bits per heavy atom. The Morgan fingerprint density at radius 1 is 0.381 bits per heavy atom. The first kappa shape index (κ1) is 102. The zero-order valence-corrected chi connectivity index (χ0v) is 67.4. The molecular formula is C74H112N18O25S. The van der Waals surface area contributed by atoms with Gasteiger partial charge in [-0.3, -0.25) is 91.7 Å². The molecule has 2 aromatic rings. The van der Waals surface area contributed by atoms with Crippen molar-refractivity contribution < 1.29 is 122 Å². The predicted molar refractivity (Wildman–Crippen MR) is 422 cm³/mol. The maximum Gasteiger partial charge on any atom is 0.326 e. The van der Waals surface area contributed by atoms with Gasteiger partial charge in [0.1, 0.15) is 78.3 Å². The number of aliphatic carboxylic acids is 5. The van der Waals surface area contributed by atoms with Crippen LogP contribution in [-0.2, 0) is 104 Å². The summed E-state index contributed by atoms with van der Waals surface area (Å²) in [6, 6.07) is -8.14. The number of thiol groups is 1. The fourth-order valence-corrected chi connectivity index (χ4v) is 11.6. The number of phenolic OH excluding ortho intramolecular Hbond substituents is 1. The van der Waals surface area contributed by atoms with Crippen LogP contribution < -0.4 is 91.6 Å². The maximum atomic E-state index is 14.8. The highest BCUT2D eigenvalue weighted by molar-refractivity contribution is 7.80. The predicted octanol–water partition coefficient (Wildman–Crippen LogP) is -4.79. The first-order valence-electron chi connectivity index (χ1n) is 37.8. The molecule has 0 radical (unpaired) electrons. The number of nitrogens with one attached hydrogen (secondary N) is 15. The van der Waals surface area contributed by atoms with E-state index in [4.69, 9.17) is 27.7 Å². The minimum atomic E-state index is -1.97. The number of carbonyl (C=O) groups excluding carboxylic acids is 14. The average Bonchev–Trinajstić information content (AvgIpc) is 0.851. The number of rotatable bonds is 56. The van der Waals surface area contributed by atoms with Crippen LogP contribution in [0.4, 0.5) is 0 Å². The van der Waals surface area contributed by atoms with E-state index in [0.717, 1.165) is 6.92 Å². The number of guanidine groups is 1. The summed E-state index contributed by atoms with van der Waals surface area (Å²) in [7, 11) is 0. The summed E-state index contributed by atoms with van der Waals surface area (Å²) >= 11 is 4.16. The molecule has 13 atom stereocenters. The largest absolute Gasteiger partial charge is 0.508 e. The zero-order valence-electron chi connectivity index (χ0n) is 66.5. The molecule has 43 nitrogen and oxygen atoms in total. The van der Waals surface area contributed by atoms with Gasteiger partial charge in [0.25, 0.3) is 0 Å². The van der Waals surface area contributed by atoms with Crippen LogP contribution in [0.15, 0.2) is 54.6 Å². The third kappa shape index (κ3) is 40.8. The SMILES string of the molecule is CC(C)C[C@H](NC(=O)[C@H](C)NC(=O)[C@H](CCC(=O)O)NC(=O)[C@H](Cc1ccc(O)cc1)NC(=O)[C@H](Cc1ccccc1)NC(=O)[C@H](CCC(=O)O)NC(=O)CNC(=O)[C@H](CC(C)C)NC(=O)[C@H](CCC(N)=O)NC(=O)[C@@H](N)CCC(=O)O)C(=O)N[C@@H](CC(=O)O)C(=O)N[C@@H](CS)C(=O)N[C@@H](CC(C)C)C(=O)N[C@@H](CCCNC(=N)N)C(=O)O. The number of hydrogen-bond acceptors (Lipinski definition) is 23. The van der Waals surface area contributed by atoms with Gasteiger partial charge < -0.3 is 122 Å². The quantitative estimate of drug-likeness (QED) is 0.0128. The van der Waals surface area contributed by atoms with E-state index in [0.29, 0.717) is 5.56 Å². The molecule has 0 saturated heterocycles. The molecule has 0 aliphatic heterocycles. The van der Waals surface area contributed by atoms with Gasteiger partial charge >= 0.3 is 29.8 Å². The number of phenols is 1. The van der Waals surface area contributed by atoms with Gasteiger partial charge in [-0.25, -0.2) is 4.79 Å². The number of hydrogen-bond donors (Lipinski definition) is 25. The maximum absolute atomic E-state index is 14.8. The Bertz CT molecular complexity index is 3840. The molecule has 27 N–H and O–H groups in total. The van der Waals surface area contributed by atoms with Gasteiger partial charge in [-0.2, -0.15) is 12.6 Å². The van der Waals surface area contributed by atoms with Crippen LogP contribution >= 0.6 is 12.6 Å². The summed E-state index contributed by atoms with van der Waals surface area (Å²) in [5.41, 5.74) is 17.0. The molecule has 0 aliphatic rings. The van der Waals surface area contributed by atoms with Gasteiger partial charge in [0.05, 0.1) is 19.0 Å². The molecule has 0 spiro atoms. The Balaban J connectivity index is 2.51. The summed E-state index contributed by atoms with van der Waals surface area (Å²) in [6.07, 6.45) is -6.75. The lowest BCUT2D eigenvalue weighted by Gasteiger charge is -2.28. The molecule has 2 rings (SSSR count). The molecule has 0 saturated carbocycles. The fourth-order valence-electron chi connectivity index (χ4n) is 11.3. The van der Waals surface area contributed by atoms with E-state index >= 15 is 0 Å². The van der Waals surface area contributed by atoms with E-state index in [-0.39, 0.29) is 87.0 Å². The fraction of sp³-hybridized carbons (Fsp3) is 0.568. The van der Waals surface area contributed by atoms with Crippen LogP contribution in [0, 0.1) is 23.2 Å². The lowest BCUT2D eigenvalue weighted by atomic mass is 10.0. The second-order valence-corrected chi connectivity index (χ2v) is 29.5. The molecule has 2 aromatic carbocycles. The van der Waals surface area contributed by atoms with Crippen LogP contribution in [0.1, 0.15) is 149 Å². The van der Waals surface area contributed by atoms with E-state index in [1.54, 1.807) is 71.9 Å². The number of carboxylic acids is 5. The lowest BCUT2D eigenvalue weighted by molar-refractivity contribution is -0.142. The van der Waals surface area contributed by atoms with Gasteiger partial charge in [0.15, 0.2) is 5.96 Å². The smallest absolute Gasteiger partial charge is 0.326 e. The minimum absolute atomic E-state index is 0.0367. The van der Waals surface area contributed by atoms with Gasteiger partial charge in [-0.05, 0) is 106 Å². The van der Waals surface area contributed by atoms with Crippen molar-refractivity contribution >= 4 is 131 Å². The summed E-state index contributed by atoms with van der Waals surface area (Å²) < 4.78 is 0. The van der Waals surface area contributed by atoms with Crippen molar-refractivity contribution in [1.82, 2.24) is 74.4 Å². The molecule has 0 aromatic heterocycles. The van der Waals surface area contributed by atoms with Gasteiger partial charge in [-0.1, -0.05) is 84.0 Å². The van der Waals surface area contributed by atoms with Crippen LogP contribution in [0.3, 0.4) is 0 Å². The van der Waals surface area contributed by atoms with Crippen molar-refractivity contribution in [3.63, 3.8) is 0 Å². The van der Waals surface area contributed by atoms with Gasteiger partial charge in [0.2, 0.25) is 82.7 Å². The second-order valence-electron chi connectivity index (χ2n) is 29.1. The second kappa shape index (κ2) is 52.4. The molecule has 14 amide bonds. The number of carboxylic acid groups (broad SMARTS) is 5. The van der Waals surface area contributed by atoms with Crippen LogP contribution in [0.5, 0.6) is 5.75 Å². The summed E-state index contributed by atoms with van der Waals surface area (Å²) in [4.78, 5) is 253. The number of aromatic hydroxyl groups is 1. The van der Waals surface area contributed by atoms with Crippen LogP contribution in [-0.4, -0.2) is 247 Å². The average molecular weight is 1690 g/mol. The summed E-state index contributed by atoms with van der Waals surface area (Å²) in [6.45, 7) is 10.3. The molecule has 0 aliphatic carbocycles. The van der Waals surface area contributed by atoms with Gasteiger partial charge in [0, 0.05) is 50.8 Å². The number of primary amides is 1. The topological polar surface area (TPSA) is 716 Å². The van der Waals surface area contributed by atoms with E-state index in [2.05, 4.69) is 87.1 Å².